The molecule has 5 heteroatoms. The maximum Gasteiger partial charge on any atom is 0.153 e. The average Bonchev–Trinajstić information content (AvgIpc) is 2.27. The quantitative estimate of drug-likeness (QED) is 0.898. The number of nitrogens with one attached hydrogen (secondary N) is 1. The highest BCUT2D eigenvalue weighted by Crippen LogP contribution is 2.27. The molecule has 94 valence electrons. The molecule has 0 spiro atoms. The summed E-state index contributed by atoms with van der Waals surface area (Å²) in [6, 6.07) is 7.24. The molecule has 3 nitrogen and oxygen atoms in total. The molecule has 2 unspecified atom stereocenters. The SMILES string of the molecule is CCC1CS(=O)(=O)CC(c2ccccc2Cl)N1. The third-order valence-electron chi connectivity index (χ3n) is 3.09. The molecule has 1 saturated heterocycles. The van der Waals surface area contributed by atoms with Crippen molar-refractivity contribution in [1.29, 1.82) is 0 Å². The van der Waals surface area contributed by atoms with Gasteiger partial charge < -0.3 is 5.32 Å². The Morgan fingerprint density at radius 2 is 2.06 bits per heavy atom. The Morgan fingerprint density at radius 3 is 2.71 bits per heavy atom. The molecule has 1 fully saturated rings. The van der Waals surface area contributed by atoms with Crippen molar-refractivity contribution < 1.29 is 8.42 Å². The van der Waals surface area contributed by atoms with Gasteiger partial charge in [0.1, 0.15) is 0 Å². The van der Waals surface area contributed by atoms with Gasteiger partial charge in [0.15, 0.2) is 9.84 Å². The van der Waals surface area contributed by atoms with Crippen molar-refractivity contribution in [2.75, 3.05) is 11.5 Å². The third kappa shape index (κ3) is 3.00. The van der Waals surface area contributed by atoms with Crippen LogP contribution in [0.1, 0.15) is 24.9 Å². The summed E-state index contributed by atoms with van der Waals surface area (Å²) in [5.74, 6) is 0.359. The second-order valence-corrected chi connectivity index (χ2v) is 6.98. The zero-order chi connectivity index (χ0) is 12.5. The van der Waals surface area contributed by atoms with E-state index in [0.717, 1.165) is 12.0 Å². The van der Waals surface area contributed by atoms with Crippen LogP contribution in [0.4, 0.5) is 0 Å². The first kappa shape index (κ1) is 12.9. The van der Waals surface area contributed by atoms with Crippen LogP contribution in [-0.2, 0) is 9.84 Å². The second-order valence-electron chi connectivity index (χ2n) is 4.42. The van der Waals surface area contributed by atoms with E-state index in [4.69, 9.17) is 11.6 Å². The molecule has 0 aliphatic carbocycles. The predicted octanol–water partition coefficient (Wildman–Crippen LogP) is 2.18. The fraction of sp³-hybridized carbons (Fsp3) is 0.500. The van der Waals surface area contributed by atoms with Crippen molar-refractivity contribution in [1.82, 2.24) is 5.32 Å². The van der Waals surface area contributed by atoms with Gasteiger partial charge in [0.05, 0.1) is 11.5 Å². The average molecular weight is 274 g/mol. The number of benzene rings is 1. The lowest BCUT2D eigenvalue weighted by atomic mass is 10.1. The molecule has 1 heterocycles. The highest BCUT2D eigenvalue weighted by Gasteiger charge is 2.31. The van der Waals surface area contributed by atoms with E-state index in [2.05, 4.69) is 5.32 Å². The molecular formula is C12H16ClNO2S. The minimum absolute atomic E-state index is 0.0232. The van der Waals surface area contributed by atoms with Gasteiger partial charge in [0.25, 0.3) is 0 Å². The number of sulfone groups is 1. The monoisotopic (exact) mass is 273 g/mol. The molecular weight excluding hydrogens is 258 g/mol. The van der Waals surface area contributed by atoms with Crippen LogP contribution in [0.3, 0.4) is 0 Å². The summed E-state index contributed by atoms with van der Waals surface area (Å²) in [6.07, 6.45) is 0.806. The second kappa shape index (κ2) is 4.96. The Bertz CT molecular complexity index is 501. The van der Waals surface area contributed by atoms with Crippen molar-refractivity contribution in [3.63, 3.8) is 0 Å². The number of rotatable bonds is 2. The molecule has 1 aliphatic rings. The molecule has 17 heavy (non-hydrogen) atoms. The van der Waals surface area contributed by atoms with Gasteiger partial charge in [-0.1, -0.05) is 36.7 Å². The van der Waals surface area contributed by atoms with E-state index in [9.17, 15) is 8.42 Å². The summed E-state index contributed by atoms with van der Waals surface area (Å²) in [6.45, 7) is 1.99. The zero-order valence-electron chi connectivity index (χ0n) is 9.69. The van der Waals surface area contributed by atoms with Crippen LogP contribution < -0.4 is 5.32 Å². The molecule has 0 amide bonds. The van der Waals surface area contributed by atoms with Gasteiger partial charge in [0.2, 0.25) is 0 Å². The van der Waals surface area contributed by atoms with Gasteiger partial charge in [-0.05, 0) is 18.1 Å². The van der Waals surface area contributed by atoms with Crippen LogP contribution in [0, 0.1) is 0 Å². The van der Waals surface area contributed by atoms with E-state index >= 15 is 0 Å². The lowest BCUT2D eigenvalue weighted by molar-refractivity contribution is 0.440. The zero-order valence-corrected chi connectivity index (χ0v) is 11.3. The topological polar surface area (TPSA) is 46.2 Å². The summed E-state index contributed by atoms with van der Waals surface area (Å²) in [4.78, 5) is 0. The standard InChI is InChI=1S/C12H16ClNO2S/c1-2-9-7-17(15,16)8-12(14-9)10-5-3-4-6-11(10)13/h3-6,9,12,14H,2,7-8H2,1H3. The van der Waals surface area contributed by atoms with Gasteiger partial charge in [-0.2, -0.15) is 0 Å². The van der Waals surface area contributed by atoms with Crippen molar-refractivity contribution in [3.05, 3.63) is 34.9 Å². The maximum atomic E-state index is 11.8. The van der Waals surface area contributed by atoms with E-state index in [0.29, 0.717) is 5.02 Å². The third-order valence-corrected chi connectivity index (χ3v) is 5.18. The Balaban J connectivity index is 2.30. The van der Waals surface area contributed by atoms with Crippen molar-refractivity contribution in [2.24, 2.45) is 0 Å². The Kier molecular flexibility index (Phi) is 3.76. The number of halogens is 1. The minimum Gasteiger partial charge on any atom is -0.305 e. The summed E-state index contributed by atoms with van der Waals surface area (Å²) in [5.41, 5.74) is 0.871. The van der Waals surface area contributed by atoms with Gasteiger partial charge in [-0.3, -0.25) is 0 Å². The van der Waals surface area contributed by atoms with Crippen LogP contribution in [0.15, 0.2) is 24.3 Å². The van der Waals surface area contributed by atoms with Crippen LogP contribution in [0.2, 0.25) is 5.02 Å². The molecule has 0 saturated carbocycles. The van der Waals surface area contributed by atoms with Crippen molar-refractivity contribution >= 4 is 21.4 Å². The van der Waals surface area contributed by atoms with Gasteiger partial charge in [-0.25, -0.2) is 8.42 Å². The molecule has 0 bridgehead atoms. The van der Waals surface area contributed by atoms with Gasteiger partial charge in [-0.15, -0.1) is 0 Å². The van der Waals surface area contributed by atoms with Gasteiger partial charge in [0, 0.05) is 17.1 Å². The van der Waals surface area contributed by atoms with E-state index in [1.807, 2.05) is 25.1 Å². The fourth-order valence-corrected chi connectivity index (χ4v) is 4.31. The molecule has 0 radical (unpaired) electrons. The molecule has 1 aliphatic heterocycles. The first-order valence-corrected chi connectivity index (χ1v) is 7.92. The molecule has 2 atom stereocenters. The van der Waals surface area contributed by atoms with E-state index in [1.165, 1.54) is 0 Å². The van der Waals surface area contributed by atoms with E-state index in [1.54, 1.807) is 6.07 Å². The summed E-state index contributed by atoms with van der Waals surface area (Å²) < 4.78 is 23.7. The highest BCUT2D eigenvalue weighted by molar-refractivity contribution is 7.91. The molecule has 1 N–H and O–H groups in total. The Morgan fingerprint density at radius 1 is 1.35 bits per heavy atom. The highest BCUT2D eigenvalue weighted by atomic mass is 35.5. The summed E-state index contributed by atoms with van der Waals surface area (Å²) >= 11 is 6.11. The number of hydrogen-bond acceptors (Lipinski definition) is 3. The number of hydrogen-bond donors (Lipinski definition) is 1. The first-order chi connectivity index (χ1) is 8.02. The van der Waals surface area contributed by atoms with Crippen LogP contribution in [0.25, 0.3) is 0 Å². The van der Waals surface area contributed by atoms with Crippen LogP contribution in [-0.4, -0.2) is 26.0 Å². The van der Waals surface area contributed by atoms with Gasteiger partial charge >= 0.3 is 0 Å². The summed E-state index contributed by atoms with van der Waals surface area (Å²) in [7, 11) is -2.98. The predicted molar refractivity (Wildman–Crippen MR) is 70.1 cm³/mol. The minimum atomic E-state index is -2.98. The Labute approximate surface area is 107 Å². The largest absolute Gasteiger partial charge is 0.305 e. The first-order valence-electron chi connectivity index (χ1n) is 5.72. The van der Waals surface area contributed by atoms with Crippen molar-refractivity contribution in [3.8, 4) is 0 Å². The fourth-order valence-electron chi connectivity index (χ4n) is 2.18. The lowest BCUT2D eigenvalue weighted by Gasteiger charge is -2.31. The normalized spacial score (nSPS) is 27.9. The molecule has 0 aromatic heterocycles. The molecule has 2 rings (SSSR count). The van der Waals surface area contributed by atoms with Crippen molar-refractivity contribution in [2.45, 2.75) is 25.4 Å². The molecule has 1 aromatic rings. The van der Waals surface area contributed by atoms with Crippen LogP contribution in [0.5, 0.6) is 0 Å². The smallest absolute Gasteiger partial charge is 0.153 e. The molecule has 1 aromatic carbocycles. The lowest BCUT2D eigenvalue weighted by Crippen LogP contribution is -2.46. The van der Waals surface area contributed by atoms with E-state index < -0.39 is 9.84 Å². The van der Waals surface area contributed by atoms with E-state index in [-0.39, 0.29) is 23.6 Å². The van der Waals surface area contributed by atoms with Crippen LogP contribution >= 0.6 is 11.6 Å². The summed E-state index contributed by atoms with van der Waals surface area (Å²) in [5, 5.41) is 3.97. The maximum absolute atomic E-state index is 11.8. The Hall–Kier alpha value is -0.580.